The topological polar surface area (TPSA) is 86.8 Å². The second-order valence-electron chi connectivity index (χ2n) is 9.97. The number of hydrogen-bond donors (Lipinski definition) is 2. The smallest absolute Gasteiger partial charge is 0.327 e. The minimum atomic E-state index is -0.976. The highest BCUT2D eigenvalue weighted by Gasteiger charge is 2.47. The Labute approximate surface area is 224 Å². The summed E-state index contributed by atoms with van der Waals surface area (Å²) in [5.74, 6) is 1.18. The zero-order chi connectivity index (χ0) is 26.4. The Morgan fingerprint density at radius 1 is 1.13 bits per heavy atom. The molecular formula is C28H28FN5O3S. The maximum atomic E-state index is 14.1. The van der Waals surface area contributed by atoms with Gasteiger partial charge in [-0.2, -0.15) is 0 Å². The summed E-state index contributed by atoms with van der Waals surface area (Å²) in [7, 11) is 1.85. The molecular weight excluding hydrogens is 505 g/mol. The lowest BCUT2D eigenvalue weighted by atomic mass is 9.98. The molecule has 2 unspecified atom stereocenters. The Kier molecular flexibility index (Phi) is 6.45. The number of carbonyl (C=O) groups excluding carboxylic acids is 2. The van der Waals surface area contributed by atoms with Gasteiger partial charge in [-0.25, -0.2) is 14.2 Å². The molecule has 10 heteroatoms. The number of aromatic nitrogens is 1. The number of aryl methyl sites for hydroxylation is 1. The van der Waals surface area contributed by atoms with Gasteiger partial charge in [0.15, 0.2) is 0 Å². The van der Waals surface area contributed by atoms with E-state index in [1.54, 1.807) is 11.1 Å². The lowest BCUT2D eigenvalue weighted by Gasteiger charge is -2.36. The summed E-state index contributed by atoms with van der Waals surface area (Å²) in [6, 6.07) is 15.8. The average Bonchev–Trinajstić information content (AvgIpc) is 3.25. The fourth-order valence-electron chi connectivity index (χ4n) is 5.47. The fraction of sp³-hybridized carbons (Fsp3) is 0.321. The maximum Gasteiger partial charge on any atom is 0.327 e. The van der Waals surface area contributed by atoms with Crippen molar-refractivity contribution in [1.82, 2.24) is 20.5 Å². The van der Waals surface area contributed by atoms with Gasteiger partial charge >= 0.3 is 6.03 Å². The Bertz CT molecular complexity index is 1380. The van der Waals surface area contributed by atoms with Crippen molar-refractivity contribution in [3.63, 3.8) is 0 Å². The molecule has 38 heavy (non-hydrogen) atoms. The zero-order valence-electron chi connectivity index (χ0n) is 21.1. The van der Waals surface area contributed by atoms with Crippen molar-refractivity contribution < 1.29 is 18.7 Å². The van der Waals surface area contributed by atoms with Crippen LogP contribution in [-0.4, -0.2) is 59.4 Å². The highest BCUT2D eigenvalue weighted by Crippen LogP contribution is 2.51. The Balaban J connectivity index is 1.25. The molecule has 0 spiro atoms. The van der Waals surface area contributed by atoms with E-state index < -0.39 is 17.5 Å². The number of nitrogens with one attached hydrogen (secondary N) is 2. The van der Waals surface area contributed by atoms with Gasteiger partial charge in [-0.1, -0.05) is 30.0 Å². The molecule has 3 aromatic rings. The quantitative estimate of drug-likeness (QED) is 0.494. The predicted molar refractivity (Wildman–Crippen MR) is 144 cm³/mol. The maximum absolute atomic E-state index is 14.1. The lowest BCUT2D eigenvalue weighted by Crippen LogP contribution is -2.54. The van der Waals surface area contributed by atoms with Crippen molar-refractivity contribution in [1.29, 1.82) is 0 Å². The molecule has 1 fully saturated rings. The number of likely N-dealkylation sites (N-methyl/N-ethyl adjacent to an activating group) is 1. The van der Waals surface area contributed by atoms with E-state index in [2.05, 4.69) is 15.6 Å². The molecule has 8 nitrogen and oxygen atoms in total. The van der Waals surface area contributed by atoms with Crippen LogP contribution in [0, 0.1) is 6.92 Å². The summed E-state index contributed by atoms with van der Waals surface area (Å²) in [5.41, 5.74) is 3.10. The number of rotatable bonds is 5. The van der Waals surface area contributed by atoms with Crippen molar-refractivity contribution in [2.45, 2.75) is 41.9 Å². The van der Waals surface area contributed by atoms with Crippen LogP contribution >= 0.6 is 11.8 Å². The van der Waals surface area contributed by atoms with Gasteiger partial charge in [-0.3, -0.25) is 9.69 Å². The van der Waals surface area contributed by atoms with Crippen LogP contribution in [0.4, 0.5) is 20.6 Å². The summed E-state index contributed by atoms with van der Waals surface area (Å²) in [6.07, 6.45) is 0.977. The summed E-state index contributed by atoms with van der Waals surface area (Å²) in [5, 5.41) is 6.18. The molecule has 4 heterocycles. The summed E-state index contributed by atoms with van der Waals surface area (Å²) in [6.45, 7) is 2.89. The molecule has 1 saturated heterocycles. The number of amides is 3. The number of thioether (sulfide) groups is 1. The molecule has 2 N–H and O–H groups in total. The molecule has 0 saturated carbocycles. The Morgan fingerprint density at radius 3 is 2.71 bits per heavy atom. The van der Waals surface area contributed by atoms with E-state index in [-0.39, 0.29) is 24.4 Å². The molecule has 1 aromatic heterocycles. The van der Waals surface area contributed by atoms with Crippen LogP contribution in [0.15, 0.2) is 65.8 Å². The van der Waals surface area contributed by atoms with E-state index in [1.807, 2.05) is 73.5 Å². The highest BCUT2D eigenvalue weighted by molar-refractivity contribution is 8.01. The van der Waals surface area contributed by atoms with E-state index in [1.165, 1.54) is 11.8 Å². The first kappa shape index (κ1) is 24.7. The third kappa shape index (κ3) is 4.58. The Hall–Kier alpha value is -3.63. The van der Waals surface area contributed by atoms with Crippen molar-refractivity contribution in [3.05, 3.63) is 71.9 Å². The van der Waals surface area contributed by atoms with Crippen molar-refractivity contribution in [2.75, 3.05) is 25.0 Å². The van der Waals surface area contributed by atoms with Crippen LogP contribution in [0.3, 0.4) is 0 Å². The molecule has 0 bridgehead atoms. The van der Waals surface area contributed by atoms with Gasteiger partial charge in [0, 0.05) is 37.3 Å². The largest absolute Gasteiger partial charge is 0.457 e. The summed E-state index contributed by atoms with van der Waals surface area (Å²) < 4.78 is 20.0. The van der Waals surface area contributed by atoms with Gasteiger partial charge < -0.3 is 20.3 Å². The van der Waals surface area contributed by atoms with Crippen molar-refractivity contribution in [3.8, 4) is 11.5 Å². The first-order valence-corrected chi connectivity index (χ1v) is 13.5. The minimum absolute atomic E-state index is 0.219. The van der Waals surface area contributed by atoms with Crippen LogP contribution in [0.1, 0.15) is 23.6 Å². The summed E-state index contributed by atoms with van der Waals surface area (Å²) >= 11 is 1.34. The predicted octanol–water partition coefficient (Wildman–Crippen LogP) is 4.72. The normalized spacial score (nSPS) is 24.5. The van der Waals surface area contributed by atoms with Gasteiger partial charge in [0.1, 0.15) is 27.9 Å². The third-order valence-corrected chi connectivity index (χ3v) is 8.37. The lowest BCUT2D eigenvalue weighted by molar-refractivity contribution is -0.122. The van der Waals surface area contributed by atoms with Crippen LogP contribution in [0.25, 0.3) is 0 Å². The van der Waals surface area contributed by atoms with E-state index in [4.69, 9.17) is 4.74 Å². The Morgan fingerprint density at radius 2 is 1.95 bits per heavy atom. The first-order valence-electron chi connectivity index (χ1n) is 12.6. The fourth-order valence-corrected chi connectivity index (χ4v) is 6.70. The van der Waals surface area contributed by atoms with Crippen molar-refractivity contribution >= 4 is 35.1 Å². The standard InChI is InChI=1S/C28H28FN5O3S/c1-16-12-20(37-19-6-4-3-5-7-19)8-9-21(16)34-22-10-11-30-27-23(22)24(32-28(34)36)25(38-27)26(35)31-18-13-17(29)14-33(2)15-18/h3-12,17-18,24-25H,13-15H2,1-2H3,(H,31,35)(H,32,36)/t17-,18-,24?,25?/m1/s1. The van der Waals surface area contributed by atoms with Crippen LogP contribution in [0.5, 0.6) is 11.5 Å². The molecule has 0 aliphatic carbocycles. The number of alkyl halides is 1. The molecule has 196 valence electrons. The number of ether oxygens (including phenoxy) is 1. The zero-order valence-corrected chi connectivity index (χ0v) is 21.9. The minimum Gasteiger partial charge on any atom is -0.457 e. The SMILES string of the molecule is Cc1cc(Oc2ccccc2)ccc1N1C(=O)NC2c3c1ccnc3SC2C(=O)N[C@@H]1C[C@@H](F)CN(C)C1. The van der Waals surface area contributed by atoms with E-state index in [0.717, 1.165) is 16.9 Å². The average molecular weight is 534 g/mol. The second kappa shape index (κ2) is 9.92. The van der Waals surface area contributed by atoms with Crippen LogP contribution < -0.4 is 20.3 Å². The molecule has 2 aromatic carbocycles. The molecule has 0 radical (unpaired) electrons. The second-order valence-corrected chi connectivity index (χ2v) is 11.1. The van der Waals surface area contributed by atoms with Gasteiger partial charge in [0.05, 0.1) is 17.4 Å². The van der Waals surface area contributed by atoms with Crippen LogP contribution in [0.2, 0.25) is 0 Å². The summed E-state index contributed by atoms with van der Waals surface area (Å²) in [4.78, 5) is 34.8. The molecule has 6 rings (SSSR count). The molecule has 4 atom stereocenters. The number of benzene rings is 2. The van der Waals surface area contributed by atoms with Gasteiger partial charge in [0.25, 0.3) is 0 Å². The number of halogens is 1. The van der Waals surface area contributed by atoms with Gasteiger partial charge in [-0.15, -0.1) is 0 Å². The molecule has 3 aliphatic heterocycles. The third-order valence-electron chi connectivity index (χ3n) is 7.08. The van der Waals surface area contributed by atoms with Crippen molar-refractivity contribution in [2.24, 2.45) is 0 Å². The number of para-hydroxylation sites is 1. The van der Waals surface area contributed by atoms with Gasteiger partial charge in [-0.05, 0) is 55.9 Å². The van der Waals surface area contributed by atoms with Gasteiger partial charge in [0.2, 0.25) is 5.91 Å². The van der Waals surface area contributed by atoms with E-state index in [9.17, 15) is 14.0 Å². The number of nitrogens with zero attached hydrogens (tertiary/aromatic N) is 3. The number of anilines is 2. The van der Waals surface area contributed by atoms with E-state index >= 15 is 0 Å². The number of pyridine rings is 1. The monoisotopic (exact) mass is 533 g/mol. The first-order chi connectivity index (χ1) is 18.4. The number of piperidine rings is 1. The number of carbonyl (C=O) groups is 2. The molecule has 3 amide bonds. The number of hydrogen-bond acceptors (Lipinski definition) is 6. The number of urea groups is 1. The van der Waals surface area contributed by atoms with E-state index in [0.29, 0.717) is 35.2 Å². The highest BCUT2D eigenvalue weighted by atomic mass is 32.2. The number of likely N-dealkylation sites (tertiary alicyclic amines) is 1. The molecule has 3 aliphatic rings. The van der Waals surface area contributed by atoms with Crippen LogP contribution in [-0.2, 0) is 4.79 Å².